The van der Waals surface area contributed by atoms with E-state index < -0.39 is 6.04 Å². The number of benzene rings is 1. The summed E-state index contributed by atoms with van der Waals surface area (Å²) in [4.78, 5) is 24.3. The molecule has 4 heteroatoms. The van der Waals surface area contributed by atoms with E-state index in [4.69, 9.17) is 0 Å². The fraction of sp³-hybridized carbons (Fsp3) is 0.429. The highest BCUT2D eigenvalue weighted by atomic mass is 16.2. The van der Waals surface area contributed by atoms with Crippen LogP contribution in [0.15, 0.2) is 24.3 Å². The Labute approximate surface area is 107 Å². The lowest BCUT2D eigenvalue weighted by Crippen LogP contribution is -2.25. The van der Waals surface area contributed by atoms with Gasteiger partial charge in [0.1, 0.15) is 6.04 Å². The molecule has 0 aromatic heterocycles. The van der Waals surface area contributed by atoms with Crippen LogP contribution in [0.4, 0.5) is 4.79 Å². The second-order valence-electron chi connectivity index (χ2n) is 5.12. The first kappa shape index (κ1) is 12.6. The molecule has 1 atom stereocenters. The molecule has 0 saturated carbocycles. The first-order valence-electron chi connectivity index (χ1n) is 6.16. The highest BCUT2D eigenvalue weighted by Crippen LogP contribution is 2.21. The van der Waals surface area contributed by atoms with Crippen molar-refractivity contribution in [1.82, 2.24) is 10.2 Å². The molecule has 1 aliphatic rings. The van der Waals surface area contributed by atoms with Gasteiger partial charge in [-0.25, -0.2) is 4.79 Å². The first-order chi connectivity index (χ1) is 8.49. The third kappa shape index (κ3) is 2.37. The maximum atomic E-state index is 11.8. The van der Waals surface area contributed by atoms with E-state index in [9.17, 15) is 9.59 Å². The maximum absolute atomic E-state index is 11.8. The van der Waals surface area contributed by atoms with Crippen LogP contribution in [0.1, 0.15) is 31.0 Å². The van der Waals surface area contributed by atoms with Crippen LogP contribution in [-0.2, 0) is 11.2 Å². The van der Waals surface area contributed by atoms with Crippen LogP contribution in [0.5, 0.6) is 0 Å². The summed E-state index contributed by atoms with van der Waals surface area (Å²) in [6, 6.07) is 7.01. The molecule has 1 aromatic carbocycles. The minimum absolute atomic E-state index is 0.198. The lowest BCUT2D eigenvalue weighted by Gasteiger charge is -2.10. The second kappa shape index (κ2) is 4.80. The lowest BCUT2D eigenvalue weighted by molar-refractivity contribution is -0.126. The zero-order valence-corrected chi connectivity index (χ0v) is 10.9. The number of urea groups is 1. The Morgan fingerprint density at radius 2 is 1.83 bits per heavy atom. The number of rotatable bonds is 3. The van der Waals surface area contributed by atoms with Crippen molar-refractivity contribution in [3.8, 4) is 0 Å². The number of hydrogen-bond donors (Lipinski definition) is 1. The van der Waals surface area contributed by atoms with Crippen LogP contribution in [0.2, 0.25) is 0 Å². The number of carbonyl (C=O) groups excluding carboxylic acids is 2. The van der Waals surface area contributed by atoms with E-state index in [1.54, 1.807) is 0 Å². The Morgan fingerprint density at radius 3 is 2.28 bits per heavy atom. The van der Waals surface area contributed by atoms with Crippen LogP contribution in [0, 0.1) is 5.92 Å². The topological polar surface area (TPSA) is 49.4 Å². The molecule has 1 fully saturated rings. The van der Waals surface area contributed by atoms with Gasteiger partial charge in [0.15, 0.2) is 0 Å². The van der Waals surface area contributed by atoms with Crippen molar-refractivity contribution in [2.24, 2.45) is 5.92 Å². The standard InChI is InChI=1S/C14H18N2O2/c1-9(2)8-10-4-6-11(7-5-10)12-13(17)16(3)14(18)15-12/h4-7,9,12H,8H2,1-3H3,(H,15,18). The van der Waals surface area contributed by atoms with E-state index >= 15 is 0 Å². The zero-order chi connectivity index (χ0) is 13.3. The van der Waals surface area contributed by atoms with E-state index in [0.29, 0.717) is 5.92 Å². The fourth-order valence-electron chi connectivity index (χ4n) is 2.12. The van der Waals surface area contributed by atoms with Crippen LogP contribution >= 0.6 is 0 Å². The number of likely N-dealkylation sites (N-methyl/N-ethyl adjacent to an activating group) is 1. The van der Waals surface area contributed by atoms with Gasteiger partial charge in [0.2, 0.25) is 0 Å². The molecule has 0 aliphatic carbocycles. The van der Waals surface area contributed by atoms with Crippen molar-refractivity contribution in [2.45, 2.75) is 26.3 Å². The second-order valence-corrected chi connectivity index (χ2v) is 5.12. The van der Waals surface area contributed by atoms with Crippen LogP contribution < -0.4 is 5.32 Å². The maximum Gasteiger partial charge on any atom is 0.324 e. The average Bonchev–Trinajstić information content (AvgIpc) is 2.57. The third-order valence-corrected chi connectivity index (χ3v) is 3.11. The minimum atomic E-state index is -0.532. The van der Waals surface area contributed by atoms with Crippen molar-refractivity contribution in [2.75, 3.05) is 7.05 Å². The average molecular weight is 246 g/mol. The third-order valence-electron chi connectivity index (χ3n) is 3.11. The largest absolute Gasteiger partial charge is 0.324 e. The smallest absolute Gasteiger partial charge is 0.322 e. The summed E-state index contributed by atoms with van der Waals surface area (Å²) in [5, 5.41) is 2.67. The summed E-state index contributed by atoms with van der Waals surface area (Å²) in [5.41, 5.74) is 2.09. The zero-order valence-electron chi connectivity index (χ0n) is 10.9. The molecular weight excluding hydrogens is 228 g/mol. The molecule has 1 heterocycles. The van der Waals surface area contributed by atoms with E-state index in [1.807, 2.05) is 24.3 Å². The fourth-order valence-corrected chi connectivity index (χ4v) is 2.12. The van der Waals surface area contributed by atoms with Gasteiger partial charge in [0.25, 0.3) is 5.91 Å². The molecule has 0 spiro atoms. The molecule has 18 heavy (non-hydrogen) atoms. The van der Waals surface area contributed by atoms with E-state index in [1.165, 1.54) is 12.6 Å². The van der Waals surface area contributed by atoms with Gasteiger partial charge in [-0.15, -0.1) is 0 Å². The van der Waals surface area contributed by atoms with Crippen LogP contribution in [0.3, 0.4) is 0 Å². The van der Waals surface area contributed by atoms with E-state index in [2.05, 4.69) is 19.2 Å². The molecular formula is C14H18N2O2. The molecule has 1 saturated heterocycles. The number of amides is 3. The molecule has 1 N–H and O–H groups in total. The predicted octanol–water partition coefficient (Wildman–Crippen LogP) is 2.11. The number of nitrogens with one attached hydrogen (secondary N) is 1. The summed E-state index contributed by atoms with van der Waals surface area (Å²) >= 11 is 0. The molecule has 1 unspecified atom stereocenters. The molecule has 0 bridgehead atoms. The minimum Gasteiger partial charge on any atom is -0.322 e. The van der Waals surface area contributed by atoms with E-state index in [-0.39, 0.29) is 11.9 Å². The monoisotopic (exact) mass is 246 g/mol. The van der Waals surface area contributed by atoms with Gasteiger partial charge < -0.3 is 5.32 Å². The SMILES string of the molecule is CC(C)Cc1ccc(C2NC(=O)N(C)C2=O)cc1. The number of hydrogen-bond acceptors (Lipinski definition) is 2. The summed E-state index contributed by atoms with van der Waals surface area (Å²) in [5.74, 6) is 0.409. The molecule has 1 aromatic rings. The van der Waals surface area contributed by atoms with Crippen molar-refractivity contribution >= 4 is 11.9 Å². The highest BCUT2D eigenvalue weighted by Gasteiger charge is 2.36. The summed E-state index contributed by atoms with van der Waals surface area (Å²) in [7, 11) is 1.49. The van der Waals surface area contributed by atoms with Gasteiger partial charge in [-0.3, -0.25) is 9.69 Å². The Morgan fingerprint density at radius 1 is 1.22 bits per heavy atom. The summed E-state index contributed by atoms with van der Waals surface area (Å²) < 4.78 is 0. The quantitative estimate of drug-likeness (QED) is 0.830. The molecule has 2 rings (SSSR count). The molecule has 96 valence electrons. The van der Waals surface area contributed by atoms with Gasteiger partial charge in [-0.1, -0.05) is 38.1 Å². The van der Waals surface area contributed by atoms with E-state index in [0.717, 1.165) is 16.9 Å². The Bertz CT molecular complexity index is 465. The molecule has 1 aliphatic heterocycles. The van der Waals surface area contributed by atoms with Crippen molar-refractivity contribution < 1.29 is 9.59 Å². The molecule has 3 amide bonds. The van der Waals surface area contributed by atoms with Gasteiger partial charge in [0.05, 0.1) is 0 Å². The normalized spacial score (nSPS) is 19.6. The predicted molar refractivity (Wildman–Crippen MR) is 69.0 cm³/mol. The first-order valence-corrected chi connectivity index (χ1v) is 6.16. The number of nitrogens with zero attached hydrogens (tertiary/aromatic N) is 1. The number of imide groups is 1. The van der Waals surface area contributed by atoms with Gasteiger partial charge in [0, 0.05) is 7.05 Å². The Kier molecular flexibility index (Phi) is 3.36. The Balaban J connectivity index is 2.15. The van der Waals surface area contributed by atoms with Crippen LogP contribution in [0.25, 0.3) is 0 Å². The summed E-state index contributed by atoms with van der Waals surface area (Å²) in [6.45, 7) is 4.34. The summed E-state index contributed by atoms with van der Waals surface area (Å²) in [6.07, 6.45) is 1.02. The highest BCUT2D eigenvalue weighted by molar-refractivity contribution is 6.04. The van der Waals surface area contributed by atoms with Gasteiger partial charge in [-0.2, -0.15) is 0 Å². The van der Waals surface area contributed by atoms with Crippen molar-refractivity contribution in [3.05, 3.63) is 35.4 Å². The molecule has 0 radical (unpaired) electrons. The van der Waals surface area contributed by atoms with Gasteiger partial charge >= 0.3 is 6.03 Å². The Hall–Kier alpha value is -1.84. The lowest BCUT2D eigenvalue weighted by atomic mass is 9.99. The molecule has 4 nitrogen and oxygen atoms in total. The van der Waals surface area contributed by atoms with Crippen molar-refractivity contribution in [1.29, 1.82) is 0 Å². The van der Waals surface area contributed by atoms with Gasteiger partial charge in [-0.05, 0) is 23.5 Å². The van der Waals surface area contributed by atoms with Crippen molar-refractivity contribution in [3.63, 3.8) is 0 Å². The van der Waals surface area contributed by atoms with Crippen LogP contribution in [-0.4, -0.2) is 23.9 Å². The number of carbonyl (C=O) groups is 2.